The van der Waals surface area contributed by atoms with Gasteiger partial charge in [-0.1, -0.05) is 6.42 Å². The van der Waals surface area contributed by atoms with Gasteiger partial charge in [0.2, 0.25) is 5.88 Å². The highest BCUT2D eigenvalue weighted by Gasteiger charge is 2.28. The molecule has 0 saturated heterocycles. The number of nitrogens with zero attached hydrogens (tertiary/aromatic N) is 2. The van der Waals surface area contributed by atoms with Crippen molar-refractivity contribution in [3.63, 3.8) is 0 Å². The van der Waals surface area contributed by atoms with Crippen molar-refractivity contribution in [2.75, 3.05) is 13.2 Å². The van der Waals surface area contributed by atoms with E-state index < -0.39 is 5.91 Å². The second kappa shape index (κ2) is 5.61. The number of hydrogen-bond acceptors (Lipinski definition) is 4. The van der Waals surface area contributed by atoms with Crippen LogP contribution < -0.4 is 16.2 Å². The molecule has 2 rings (SSSR count). The maximum atomic E-state index is 11.4. The fourth-order valence-electron chi connectivity index (χ4n) is 2.92. The summed E-state index contributed by atoms with van der Waals surface area (Å²) in [5, 5.41) is 4.18. The summed E-state index contributed by atoms with van der Waals surface area (Å²) in [6.45, 7) is 3.02. The van der Waals surface area contributed by atoms with Crippen molar-refractivity contribution >= 4 is 5.91 Å². The summed E-state index contributed by atoms with van der Waals surface area (Å²) in [7, 11) is 1.75. The molecule has 1 heterocycles. The van der Waals surface area contributed by atoms with Crippen molar-refractivity contribution < 1.29 is 9.53 Å². The lowest BCUT2D eigenvalue weighted by molar-refractivity contribution is 0.0993. The molecule has 2 atom stereocenters. The number of primary amides is 1. The SMILES string of the molecule is Cc1nn(C)c(OCC2CCCC2CN)c1C(N)=O. The van der Waals surface area contributed by atoms with Gasteiger partial charge < -0.3 is 16.2 Å². The van der Waals surface area contributed by atoms with Crippen molar-refractivity contribution in [3.05, 3.63) is 11.3 Å². The zero-order chi connectivity index (χ0) is 14.0. The number of ether oxygens (including phenoxy) is 1. The number of nitrogens with two attached hydrogens (primary N) is 2. The minimum absolute atomic E-state index is 0.379. The first-order valence-electron chi connectivity index (χ1n) is 6.70. The molecule has 1 aromatic heterocycles. The largest absolute Gasteiger partial charge is 0.477 e. The third-order valence-electron chi connectivity index (χ3n) is 3.97. The van der Waals surface area contributed by atoms with Gasteiger partial charge in [-0.05, 0) is 38.1 Å². The maximum absolute atomic E-state index is 11.4. The van der Waals surface area contributed by atoms with Gasteiger partial charge in [-0.2, -0.15) is 5.10 Å². The van der Waals surface area contributed by atoms with Gasteiger partial charge in [-0.3, -0.25) is 4.79 Å². The van der Waals surface area contributed by atoms with Gasteiger partial charge in [-0.15, -0.1) is 0 Å². The van der Waals surface area contributed by atoms with Gasteiger partial charge in [-0.25, -0.2) is 4.68 Å². The second-order valence-electron chi connectivity index (χ2n) is 5.25. The fourth-order valence-corrected chi connectivity index (χ4v) is 2.92. The van der Waals surface area contributed by atoms with Crippen molar-refractivity contribution in [2.45, 2.75) is 26.2 Å². The summed E-state index contributed by atoms with van der Waals surface area (Å²) < 4.78 is 7.38. The molecule has 1 saturated carbocycles. The van der Waals surface area contributed by atoms with Crippen molar-refractivity contribution in [2.24, 2.45) is 30.4 Å². The van der Waals surface area contributed by atoms with E-state index in [-0.39, 0.29) is 0 Å². The highest BCUT2D eigenvalue weighted by molar-refractivity contribution is 5.96. The Morgan fingerprint density at radius 3 is 2.79 bits per heavy atom. The predicted molar refractivity (Wildman–Crippen MR) is 71.8 cm³/mol. The Bertz CT molecular complexity index is 469. The molecule has 1 amide bonds. The van der Waals surface area contributed by atoms with E-state index in [2.05, 4.69) is 5.10 Å². The van der Waals surface area contributed by atoms with Gasteiger partial charge in [0.25, 0.3) is 5.91 Å². The van der Waals surface area contributed by atoms with E-state index in [1.807, 2.05) is 0 Å². The average Bonchev–Trinajstić information content (AvgIpc) is 2.90. The molecular weight excluding hydrogens is 244 g/mol. The highest BCUT2D eigenvalue weighted by atomic mass is 16.5. The van der Waals surface area contributed by atoms with Crippen LogP contribution in [0.4, 0.5) is 0 Å². The van der Waals surface area contributed by atoms with Gasteiger partial charge in [0, 0.05) is 7.05 Å². The molecule has 1 aliphatic rings. The Balaban J connectivity index is 2.09. The highest BCUT2D eigenvalue weighted by Crippen LogP contribution is 2.32. The smallest absolute Gasteiger partial charge is 0.256 e. The number of amides is 1. The van der Waals surface area contributed by atoms with Crippen LogP contribution in [0.5, 0.6) is 5.88 Å². The van der Waals surface area contributed by atoms with Crippen LogP contribution in [0.15, 0.2) is 0 Å². The maximum Gasteiger partial charge on any atom is 0.256 e. The molecule has 0 aliphatic heterocycles. The Morgan fingerprint density at radius 1 is 1.47 bits per heavy atom. The molecular formula is C13H22N4O2. The first-order valence-corrected chi connectivity index (χ1v) is 6.70. The number of carbonyl (C=O) groups excluding carboxylic acids is 1. The van der Waals surface area contributed by atoms with Crippen LogP contribution in [0.1, 0.15) is 35.3 Å². The van der Waals surface area contributed by atoms with Crippen LogP contribution in [-0.4, -0.2) is 28.8 Å². The molecule has 19 heavy (non-hydrogen) atoms. The van der Waals surface area contributed by atoms with E-state index in [1.54, 1.807) is 18.7 Å². The van der Waals surface area contributed by atoms with E-state index in [4.69, 9.17) is 16.2 Å². The number of aromatic nitrogens is 2. The Labute approximate surface area is 113 Å². The molecule has 1 aromatic rings. The van der Waals surface area contributed by atoms with Crippen LogP contribution in [0.25, 0.3) is 0 Å². The summed E-state index contributed by atoms with van der Waals surface area (Å²) in [6.07, 6.45) is 3.49. The summed E-state index contributed by atoms with van der Waals surface area (Å²) in [5.74, 6) is 0.947. The molecule has 4 N–H and O–H groups in total. The van der Waals surface area contributed by atoms with Gasteiger partial charge in [0.05, 0.1) is 12.3 Å². The van der Waals surface area contributed by atoms with E-state index in [1.165, 1.54) is 6.42 Å². The summed E-state index contributed by atoms with van der Waals surface area (Å²) >= 11 is 0. The van der Waals surface area contributed by atoms with E-state index in [0.717, 1.165) is 12.8 Å². The molecule has 1 fully saturated rings. The van der Waals surface area contributed by atoms with Gasteiger partial charge >= 0.3 is 0 Å². The molecule has 0 bridgehead atoms. The first kappa shape index (κ1) is 13.9. The molecule has 0 aromatic carbocycles. The minimum Gasteiger partial charge on any atom is -0.477 e. The lowest BCUT2D eigenvalue weighted by Crippen LogP contribution is -2.24. The van der Waals surface area contributed by atoms with Crippen LogP contribution in [-0.2, 0) is 7.05 Å². The molecule has 0 spiro atoms. The number of hydrogen-bond donors (Lipinski definition) is 2. The third-order valence-corrected chi connectivity index (χ3v) is 3.97. The molecule has 2 unspecified atom stereocenters. The first-order chi connectivity index (χ1) is 9.04. The lowest BCUT2D eigenvalue weighted by Gasteiger charge is -2.18. The quantitative estimate of drug-likeness (QED) is 0.814. The van der Waals surface area contributed by atoms with Gasteiger partial charge in [0.1, 0.15) is 5.56 Å². The van der Waals surface area contributed by atoms with Gasteiger partial charge in [0.15, 0.2) is 0 Å². The predicted octanol–water partition coefficient (Wildman–Crippen LogP) is 0.581. The van der Waals surface area contributed by atoms with E-state index in [0.29, 0.717) is 42.1 Å². The topological polar surface area (TPSA) is 96.2 Å². The zero-order valence-electron chi connectivity index (χ0n) is 11.6. The monoisotopic (exact) mass is 266 g/mol. The molecule has 0 radical (unpaired) electrons. The fraction of sp³-hybridized carbons (Fsp3) is 0.692. The molecule has 6 nitrogen and oxygen atoms in total. The Morgan fingerprint density at radius 2 is 2.16 bits per heavy atom. The Hall–Kier alpha value is -1.56. The second-order valence-corrected chi connectivity index (χ2v) is 5.25. The zero-order valence-corrected chi connectivity index (χ0v) is 11.6. The standard InChI is InChI=1S/C13H22N4O2/c1-8-11(12(15)18)13(17(2)16-8)19-7-10-5-3-4-9(10)6-14/h9-10H,3-7,14H2,1-2H3,(H2,15,18). The van der Waals surface area contributed by atoms with Crippen molar-refractivity contribution in [3.8, 4) is 5.88 Å². The average molecular weight is 266 g/mol. The van der Waals surface area contributed by atoms with E-state index >= 15 is 0 Å². The normalized spacial score (nSPS) is 22.7. The van der Waals surface area contributed by atoms with Crippen LogP contribution in [0, 0.1) is 18.8 Å². The summed E-state index contributed by atoms with van der Waals surface area (Å²) in [6, 6.07) is 0. The van der Waals surface area contributed by atoms with Crippen molar-refractivity contribution in [1.29, 1.82) is 0 Å². The molecule has 1 aliphatic carbocycles. The summed E-state index contributed by atoms with van der Waals surface area (Å²) in [4.78, 5) is 11.4. The molecule has 6 heteroatoms. The third kappa shape index (κ3) is 2.73. The Kier molecular flexibility index (Phi) is 4.09. The number of carbonyl (C=O) groups is 1. The number of aryl methyl sites for hydroxylation is 2. The van der Waals surface area contributed by atoms with Crippen LogP contribution >= 0.6 is 0 Å². The van der Waals surface area contributed by atoms with Crippen LogP contribution in [0.3, 0.4) is 0 Å². The minimum atomic E-state index is -0.498. The van der Waals surface area contributed by atoms with Crippen molar-refractivity contribution in [1.82, 2.24) is 9.78 Å². The number of rotatable bonds is 5. The molecule has 106 valence electrons. The van der Waals surface area contributed by atoms with E-state index in [9.17, 15) is 4.79 Å². The lowest BCUT2D eigenvalue weighted by atomic mass is 9.97. The summed E-state index contributed by atoms with van der Waals surface area (Å²) in [5.41, 5.74) is 12.1. The van der Waals surface area contributed by atoms with Crippen LogP contribution in [0.2, 0.25) is 0 Å².